The van der Waals surface area contributed by atoms with Crippen molar-refractivity contribution in [1.29, 1.82) is 0 Å². The van der Waals surface area contributed by atoms with Gasteiger partial charge < -0.3 is 20.3 Å². The number of hydrogen-bond donors (Lipinski definition) is 2. The van der Waals surface area contributed by atoms with Crippen LogP contribution in [0.2, 0.25) is 0 Å². The second kappa shape index (κ2) is 3.28. The summed E-state index contributed by atoms with van der Waals surface area (Å²) in [5.41, 5.74) is 6.81. The van der Waals surface area contributed by atoms with E-state index >= 15 is 0 Å². The van der Waals surface area contributed by atoms with Gasteiger partial charge in [0.15, 0.2) is 11.5 Å². The van der Waals surface area contributed by atoms with Crippen LogP contribution in [0.5, 0.6) is 17.2 Å². The first kappa shape index (κ1) is 9.78. The van der Waals surface area contributed by atoms with Crippen LogP contribution in [0.4, 0.5) is 0 Å². The average molecular weight is 221 g/mol. The van der Waals surface area contributed by atoms with E-state index in [1.807, 2.05) is 0 Å². The molecule has 1 saturated carbocycles. The van der Waals surface area contributed by atoms with Gasteiger partial charge in [-0.05, 0) is 18.9 Å². The van der Waals surface area contributed by atoms with Crippen LogP contribution >= 0.6 is 0 Å². The van der Waals surface area contributed by atoms with Gasteiger partial charge in [-0.3, -0.25) is 0 Å². The van der Waals surface area contributed by atoms with Crippen molar-refractivity contribution < 1.29 is 14.6 Å². The van der Waals surface area contributed by atoms with Crippen LogP contribution in [0, 0.1) is 0 Å². The van der Waals surface area contributed by atoms with Crippen molar-refractivity contribution in [2.45, 2.75) is 18.3 Å². The fourth-order valence-corrected chi connectivity index (χ4v) is 2.27. The molecule has 0 bridgehead atoms. The molecule has 1 aliphatic carbocycles. The summed E-state index contributed by atoms with van der Waals surface area (Å²) < 4.78 is 11.1. The smallest absolute Gasteiger partial charge is 0.165 e. The van der Waals surface area contributed by atoms with Gasteiger partial charge in [0.2, 0.25) is 0 Å². The molecule has 0 unspecified atom stereocenters. The number of nitrogens with two attached hydrogens (primary N) is 1. The topological polar surface area (TPSA) is 64.7 Å². The minimum Gasteiger partial charge on any atom is -0.508 e. The summed E-state index contributed by atoms with van der Waals surface area (Å²) in [6.45, 7) is 1.68. The van der Waals surface area contributed by atoms with Crippen LogP contribution in [-0.2, 0) is 5.41 Å². The molecule has 0 saturated heterocycles. The Morgan fingerprint density at radius 2 is 2.00 bits per heavy atom. The highest BCUT2D eigenvalue weighted by atomic mass is 16.6. The van der Waals surface area contributed by atoms with Crippen molar-refractivity contribution in [3.8, 4) is 17.2 Å². The number of phenolic OH excluding ortho intramolecular Hbond substituents is 1. The van der Waals surface area contributed by atoms with E-state index in [1.165, 1.54) is 0 Å². The average Bonchev–Trinajstić information content (AvgIpc) is 3.08. The Morgan fingerprint density at radius 1 is 1.25 bits per heavy atom. The highest BCUT2D eigenvalue weighted by Gasteiger charge is 2.46. The molecule has 1 aliphatic heterocycles. The van der Waals surface area contributed by atoms with E-state index in [0.29, 0.717) is 25.5 Å². The third-order valence-electron chi connectivity index (χ3n) is 3.44. The van der Waals surface area contributed by atoms with Crippen molar-refractivity contribution >= 4 is 0 Å². The predicted molar refractivity (Wildman–Crippen MR) is 59.1 cm³/mol. The standard InChI is InChI=1S/C12H15NO3/c13-7-12(1-2-12)9-5-8(14)6-10-11(9)16-4-3-15-10/h5-6,14H,1-4,7,13H2. The highest BCUT2D eigenvalue weighted by molar-refractivity contribution is 5.56. The Bertz CT molecular complexity index is 427. The van der Waals surface area contributed by atoms with E-state index < -0.39 is 0 Å². The molecule has 1 aromatic carbocycles. The third kappa shape index (κ3) is 1.33. The van der Waals surface area contributed by atoms with Gasteiger partial charge in [-0.1, -0.05) is 0 Å². The van der Waals surface area contributed by atoms with E-state index in [4.69, 9.17) is 15.2 Å². The molecule has 1 aromatic rings. The third-order valence-corrected chi connectivity index (χ3v) is 3.44. The maximum absolute atomic E-state index is 9.68. The van der Waals surface area contributed by atoms with Gasteiger partial charge in [0.05, 0.1) is 0 Å². The molecule has 3 rings (SSSR count). The fraction of sp³-hybridized carbons (Fsp3) is 0.500. The number of aromatic hydroxyl groups is 1. The quantitative estimate of drug-likeness (QED) is 0.786. The molecule has 0 aromatic heterocycles. The van der Waals surface area contributed by atoms with Crippen molar-refractivity contribution in [3.05, 3.63) is 17.7 Å². The molecule has 1 fully saturated rings. The minimum atomic E-state index is 0.00350. The zero-order valence-electron chi connectivity index (χ0n) is 9.03. The van der Waals surface area contributed by atoms with Gasteiger partial charge in [0.1, 0.15) is 19.0 Å². The van der Waals surface area contributed by atoms with Crippen LogP contribution < -0.4 is 15.2 Å². The van der Waals surface area contributed by atoms with E-state index in [9.17, 15) is 5.11 Å². The molecule has 0 spiro atoms. The molecule has 3 N–H and O–H groups in total. The van der Waals surface area contributed by atoms with Crippen molar-refractivity contribution in [2.75, 3.05) is 19.8 Å². The monoisotopic (exact) mass is 221 g/mol. The molecule has 1 heterocycles. The molecule has 86 valence electrons. The molecule has 0 radical (unpaired) electrons. The summed E-state index contributed by atoms with van der Waals surface area (Å²) in [7, 11) is 0. The molecule has 16 heavy (non-hydrogen) atoms. The lowest BCUT2D eigenvalue weighted by atomic mass is 9.94. The van der Waals surface area contributed by atoms with Gasteiger partial charge >= 0.3 is 0 Å². The fourth-order valence-electron chi connectivity index (χ4n) is 2.27. The Balaban J connectivity index is 2.13. The summed E-state index contributed by atoms with van der Waals surface area (Å²) in [4.78, 5) is 0. The molecule has 2 aliphatic rings. The minimum absolute atomic E-state index is 0.00350. The van der Waals surface area contributed by atoms with E-state index in [1.54, 1.807) is 12.1 Å². The SMILES string of the molecule is NCC1(c2cc(O)cc3c2OCCO3)CC1. The van der Waals surface area contributed by atoms with Gasteiger partial charge in [0.25, 0.3) is 0 Å². The molecular weight excluding hydrogens is 206 g/mol. The zero-order valence-corrected chi connectivity index (χ0v) is 9.03. The van der Waals surface area contributed by atoms with Gasteiger partial charge in [0, 0.05) is 23.6 Å². The number of benzene rings is 1. The summed E-state index contributed by atoms with van der Waals surface area (Å²) in [6.07, 6.45) is 2.12. The Kier molecular flexibility index (Phi) is 2.01. The first-order valence-corrected chi connectivity index (χ1v) is 5.58. The lowest BCUT2D eigenvalue weighted by Crippen LogP contribution is -2.23. The van der Waals surface area contributed by atoms with Crippen molar-refractivity contribution in [3.63, 3.8) is 0 Å². The summed E-state index contributed by atoms with van der Waals surface area (Å²) in [6, 6.07) is 3.36. The van der Waals surface area contributed by atoms with E-state index in [0.717, 1.165) is 24.2 Å². The van der Waals surface area contributed by atoms with Gasteiger partial charge in [-0.15, -0.1) is 0 Å². The first-order valence-electron chi connectivity index (χ1n) is 5.58. The summed E-state index contributed by atoms with van der Waals surface area (Å²) in [5, 5.41) is 9.68. The Morgan fingerprint density at radius 3 is 2.69 bits per heavy atom. The largest absolute Gasteiger partial charge is 0.508 e. The van der Waals surface area contributed by atoms with Crippen LogP contribution in [0.3, 0.4) is 0 Å². The first-order chi connectivity index (χ1) is 7.75. The van der Waals surface area contributed by atoms with Crippen molar-refractivity contribution in [1.82, 2.24) is 0 Å². The number of phenols is 1. The van der Waals surface area contributed by atoms with Crippen LogP contribution in [0.1, 0.15) is 18.4 Å². The van der Waals surface area contributed by atoms with E-state index in [-0.39, 0.29) is 11.2 Å². The molecule has 4 nitrogen and oxygen atoms in total. The zero-order chi connectivity index (χ0) is 11.2. The normalized spacial score (nSPS) is 20.6. The second-order valence-electron chi connectivity index (χ2n) is 4.50. The molecular formula is C12H15NO3. The number of ether oxygens (including phenoxy) is 2. The van der Waals surface area contributed by atoms with Crippen LogP contribution in [0.25, 0.3) is 0 Å². The van der Waals surface area contributed by atoms with Gasteiger partial charge in [-0.2, -0.15) is 0 Å². The van der Waals surface area contributed by atoms with Crippen LogP contribution in [-0.4, -0.2) is 24.9 Å². The summed E-state index contributed by atoms with van der Waals surface area (Å²) in [5.74, 6) is 1.63. The summed E-state index contributed by atoms with van der Waals surface area (Å²) >= 11 is 0. The van der Waals surface area contributed by atoms with Crippen LogP contribution in [0.15, 0.2) is 12.1 Å². The maximum Gasteiger partial charge on any atom is 0.165 e. The maximum atomic E-state index is 9.68. The number of rotatable bonds is 2. The van der Waals surface area contributed by atoms with E-state index in [2.05, 4.69) is 0 Å². The lowest BCUT2D eigenvalue weighted by molar-refractivity contribution is 0.168. The molecule has 0 atom stereocenters. The lowest BCUT2D eigenvalue weighted by Gasteiger charge is -2.24. The predicted octanol–water partition coefficient (Wildman–Crippen LogP) is 1.15. The molecule has 0 amide bonds. The van der Waals surface area contributed by atoms with Crippen molar-refractivity contribution in [2.24, 2.45) is 5.73 Å². The molecule has 4 heteroatoms. The number of hydrogen-bond acceptors (Lipinski definition) is 4. The second-order valence-corrected chi connectivity index (χ2v) is 4.50. The highest BCUT2D eigenvalue weighted by Crippen LogP contribution is 2.54. The number of fused-ring (bicyclic) bond motifs is 1. The van der Waals surface area contributed by atoms with Gasteiger partial charge in [-0.25, -0.2) is 0 Å². The Hall–Kier alpha value is -1.42. The Labute approximate surface area is 94.0 Å².